The highest BCUT2D eigenvalue weighted by Gasteiger charge is 2.17. The first-order valence-corrected chi connectivity index (χ1v) is 9.42. The molecule has 4 aromatic rings. The summed E-state index contributed by atoms with van der Waals surface area (Å²) in [5.74, 6) is -0.258. The molecule has 0 radical (unpaired) electrons. The zero-order chi connectivity index (χ0) is 20.4. The van der Waals surface area contributed by atoms with Gasteiger partial charge in [-0.25, -0.2) is 0 Å². The van der Waals surface area contributed by atoms with Crippen LogP contribution in [0.25, 0.3) is 0 Å². The van der Waals surface area contributed by atoms with Crippen LogP contribution in [0, 0.1) is 20.8 Å². The molecule has 0 saturated heterocycles. The molecule has 0 saturated carbocycles. The van der Waals surface area contributed by atoms with Gasteiger partial charge in [0.2, 0.25) is 0 Å². The third-order valence-electron chi connectivity index (χ3n) is 4.92. The maximum absolute atomic E-state index is 12.7. The lowest BCUT2D eigenvalue weighted by Gasteiger charge is -2.08. The molecular formula is C21H23N7O. The van der Waals surface area contributed by atoms with Gasteiger partial charge in [0.15, 0.2) is 5.69 Å². The van der Waals surface area contributed by atoms with Gasteiger partial charge in [-0.15, -0.1) is 0 Å². The van der Waals surface area contributed by atoms with Gasteiger partial charge in [-0.3, -0.25) is 18.8 Å². The zero-order valence-electron chi connectivity index (χ0n) is 16.7. The SMILES string of the molecule is Cc1ccccc1Cn1nc(C)c(NC(=O)c2ccn(Cn3cccn3)n2)c1C. The standard InChI is InChI=1S/C21H23N7O/c1-15-7-4-5-8-18(15)13-28-17(3)20(16(2)24-28)23-21(29)19-9-12-27(25-19)14-26-11-6-10-22-26/h4-12H,13-14H2,1-3H3,(H,23,29). The molecule has 148 valence electrons. The maximum Gasteiger partial charge on any atom is 0.276 e. The van der Waals surface area contributed by atoms with Crippen molar-refractivity contribution in [1.82, 2.24) is 29.3 Å². The van der Waals surface area contributed by atoms with Crippen molar-refractivity contribution in [3.63, 3.8) is 0 Å². The fourth-order valence-electron chi connectivity index (χ4n) is 3.25. The van der Waals surface area contributed by atoms with Crippen molar-refractivity contribution >= 4 is 11.6 Å². The van der Waals surface area contributed by atoms with Crippen LogP contribution in [0.15, 0.2) is 55.0 Å². The normalized spacial score (nSPS) is 11.0. The lowest BCUT2D eigenvalue weighted by atomic mass is 10.1. The topological polar surface area (TPSA) is 82.6 Å². The van der Waals surface area contributed by atoms with Crippen molar-refractivity contribution in [3.05, 3.63) is 83.2 Å². The molecule has 0 atom stereocenters. The van der Waals surface area contributed by atoms with Crippen molar-refractivity contribution in [2.75, 3.05) is 5.32 Å². The molecule has 0 fully saturated rings. The molecule has 0 unspecified atom stereocenters. The molecule has 0 aliphatic heterocycles. The molecule has 1 N–H and O–H groups in total. The van der Waals surface area contributed by atoms with Crippen molar-refractivity contribution < 1.29 is 4.79 Å². The predicted molar refractivity (Wildman–Crippen MR) is 110 cm³/mol. The summed E-state index contributed by atoms with van der Waals surface area (Å²) in [6.07, 6.45) is 5.31. The molecule has 4 rings (SSSR count). The average Bonchev–Trinajstić information content (AvgIpc) is 3.43. The number of anilines is 1. The summed E-state index contributed by atoms with van der Waals surface area (Å²) >= 11 is 0. The summed E-state index contributed by atoms with van der Waals surface area (Å²) in [4.78, 5) is 12.7. The lowest BCUT2D eigenvalue weighted by Crippen LogP contribution is -2.16. The van der Waals surface area contributed by atoms with Gasteiger partial charge in [0, 0.05) is 18.6 Å². The molecule has 8 nitrogen and oxygen atoms in total. The molecule has 3 aromatic heterocycles. The van der Waals surface area contributed by atoms with E-state index < -0.39 is 0 Å². The Morgan fingerprint density at radius 2 is 1.83 bits per heavy atom. The highest BCUT2D eigenvalue weighted by molar-refractivity contribution is 6.03. The number of nitrogens with one attached hydrogen (secondary N) is 1. The van der Waals surface area contributed by atoms with Crippen molar-refractivity contribution in [2.24, 2.45) is 0 Å². The van der Waals surface area contributed by atoms with E-state index in [1.54, 1.807) is 27.8 Å². The quantitative estimate of drug-likeness (QED) is 0.550. The monoisotopic (exact) mass is 389 g/mol. The number of aryl methyl sites for hydroxylation is 2. The van der Waals surface area contributed by atoms with E-state index in [4.69, 9.17) is 0 Å². The molecule has 3 heterocycles. The summed E-state index contributed by atoms with van der Waals surface area (Å²) in [5.41, 5.74) is 5.19. The third kappa shape index (κ3) is 3.96. The highest BCUT2D eigenvalue weighted by Crippen LogP contribution is 2.22. The first-order chi connectivity index (χ1) is 14.0. The predicted octanol–water partition coefficient (Wildman–Crippen LogP) is 3.01. The number of benzene rings is 1. The van der Waals surface area contributed by atoms with E-state index in [1.165, 1.54) is 11.1 Å². The molecule has 0 aliphatic rings. The van der Waals surface area contributed by atoms with Crippen LogP contribution >= 0.6 is 0 Å². The Balaban J connectivity index is 1.49. The lowest BCUT2D eigenvalue weighted by molar-refractivity contribution is 0.102. The van der Waals surface area contributed by atoms with Crippen LogP contribution in [0.5, 0.6) is 0 Å². The van der Waals surface area contributed by atoms with E-state index in [2.05, 4.69) is 39.7 Å². The molecule has 8 heteroatoms. The first-order valence-electron chi connectivity index (χ1n) is 9.42. The van der Waals surface area contributed by atoms with E-state index in [0.29, 0.717) is 18.9 Å². The Kier molecular flexibility index (Phi) is 4.99. The van der Waals surface area contributed by atoms with Gasteiger partial charge >= 0.3 is 0 Å². The van der Waals surface area contributed by atoms with Gasteiger partial charge in [-0.1, -0.05) is 24.3 Å². The molecular weight excluding hydrogens is 366 g/mol. The molecule has 29 heavy (non-hydrogen) atoms. The minimum absolute atomic E-state index is 0.258. The summed E-state index contributed by atoms with van der Waals surface area (Å²) in [6.45, 7) is 7.06. The van der Waals surface area contributed by atoms with E-state index in [0.717, 1.165) is 17.1 Å². The second-order valence-corrected chi connectivity index (χ2v) is 7.01. The number of carbonyl (C=O) groups is 1. The second kappa shape index (κ2) is 7.75. The summed E-state index contributed by atoms with van der Waals surface area (Å²) in [7, 11) is 0. The van der Waals surface area contributed by atoms with Gasteiger partial charge < -0.3 is 5.32 Å². The smallest absolute Gasteiger partial charge is 0.276 e. The molecule has 1 amide bonds. The van der Waals surface area contributed by atoms with Crippen LogP contribution in [0.1, 0.15) is 33.0 Å². The van der Waals surface area contributed by atoms with Crippen LogP contribution in [0.2, 0.25) is 0 Å². The van der Waals surface area contributed by atoms with Crippen LogP contribution in [0.4, 0.5) is 5.69 Å². The summed E-state index contributed by atoms with van der Waals surface area (Å²) in [5, 5.41) is 16.1. The van der Waals surface area contributed by atoms with Gasteiger partial charge in [-0.05, 0) is 44.0 Å². The van der Waals surface area contributed by atoms with Crippen molar-refractivity contribution in [3.8, 4) is 0 Å². The average molecular weight is 389 g/mol. The first kappa shape index (κ1) is 18.7. The fourth-order valence-corrected chi connectivity index (χ4v) is 3.25. The number of carbonyl (C=O) groups excluding carboxylic acids is 1. The Morgan fingerprint density at radius 3 is 2.59 bits per heavy atom. The number of nitrogens with zero attached hydrogens (tertiary/aromatic N) is 6. The molecule has 0 aliphatic carbocycles. The Hall–Kier alpha value is -3.68. The number of aromatic nitrogens is 6. The Morgan fingerprint density at radius 1 is 1.00 bits per heavy atom. The summed E-state index contributed by atoms with van der Waals surface area (Å²) in [6, 6.07) is 11.8. The number of amides is 1. The van der Waals surface area contributed by atoms with E-state index in [1.807, 2.05) is 42.9 Å². The number of hydrogen-bond donors (Lipinski definition) is 1. The van der Waals surface area contributed by atoms with Gasteiger partial charge in [0.1, 0.15) is 6.67 Å². The second-order valence-electron chi connectivity index (χ2n) is 7.01. The van der Waals surface area contributed by atoms with Gasteiger partial charge in [0.05, 0.1) is 23.6 Å². The van der Waals surface area contributed by atoms with Crippen LogP contribution in [-0.2, 0) is 13.2 Å². The number of hydrogen-bond acceptors (Lipinski definition) is 4. The third-order valence-corrected chi connectivity index (χ3v) is 4.92. The van der Waals surface area contributed by atoms with Crippen molar-refractivity contribution in [1.29, 1.82) is 0 Å². The molecule has 0 bridgehead atoms. The van der Waals surface area contributed by atoms with Gasteiger partial charge in [-0.2, -0.15) is 15.3 Å². The van der Waals surface area contributed by atoms with Crippen LogP contribution in [-0.4, -0.2) is 35.2 Å². The molecule has 0 spiro atoms. The van der Waals surface area contributed by atoms with E-state index in [9.17, 15) is 4.79 Å². The maximum atomic E-state index is 12.7. The molecule has 1 aromatic carbocycles. The van der Waals surface area contributed by atoms with Crippen LogP contribution in [0.3, 0.4) is 0 Å². The van der Waals surface area contributed by atoms with Gasteiger partial charge in [0.25, 0.3) is 5.91 Å². The zero-order valence-corrected chi connectivity index (χ0v) is 16.7. The largest absolute Gasteiger partial charge is 0.317 e. The van der Waals surface area contributed by atoms with Crippen LogP contribution < -0.4 is 5.32 Å². The summed E-state index contributed by atoms with van der Waals surface area (Å²) < 4.78 is 5.32. The van der Waals surface area contributed by atoms with E-state index in [-0.39, 0.29) is 5.91 Å². The minimum atomic E-state index is -0.258. The Bertz CT molecular complexity index is 1140. The minimum Gasteiger partial charge on any atom is -0.317 e. The van der Waals surface area contributed by atoms with E-state index >= 15 is 0 Å². The number of rotatable bonds is 6. The Labute approximate surface area is 168 Å². The fraction of sp³-hybridized carbons (Fsp3) is 0.238. The van der Waals surface area contributed by atoms with Crippen molar-refractivity contribution in [2.45, 2.75) is 34.0 Å². The highest BCUT2D eigenvalue weighted by atomic mass is 16.2.